The molecule has 8 heavy (non-hydrogen) atoms. The quantitative estimate of drug-likeness (QED) is 0.246. The number of hydrogen-bond acceptors (Lipinski definition) is 1. The zero-order chi connectivity index (χ0) is 5.82. The fourth-order valence-corrected chi connectivity index (χ4v) is 1.20. The van der Waals surface area contributed by atoms with E-state index in [4.69, 9.17) is 4.18 Å². The van der Waals surface area contributed by atoms with Gasteiger partial charge in [-0.2, -0.15) is 0 Å². The van der Waals surface area contributed by atoms with Crippen LogP contribution >= 0.6 is 0 Å². The van der Waals surface area contributed by atoms with Gasteiger partial charge in [0.1, 0.15) is 0 Å². The fraction of sp³-hybridized carbons (Fsp3) is 1.00. The molecule has 0 N–H and O–H groups in total. The highest BCUT2D eigenvalue weighted by atomic mass is 32.2. The molecule has 1 nitrogen and oxygen atoms in total. The SMILES string of the molecule is CCCCCC1O[SH+]1. The lowest BCUT2D eigenvalue weighted by molar-refractivity contribution is 0.427. The van der Waals surface area contributed by atoms with E-state index in [1.54, 1.807) is 0 Å². The standard InChI is InChI=1S/C6H12OS/c1-2-3-4-5-6-7-8-6/h6H,2-5H2,1H3/p+1. The van der Waals surface area contributed by atoms with Crippen molar-refractivity contribution in [2.75, 3.05) is 0 Å². The van der Waals surface area contributed by atoms with Crippen LogP contribution in [0, 0.1) is 0 Å². The fourth-order valence-electron chi connectivity index (χ4n) is 0.717. The van der Waals surface area contributed by atoms with E-state index < -0.39 is 0 Å². The molecule has 0 amide bonds. The summed E-state index contributed by atoms with van der Waals surface area (Å²) in [7, 11) is 0. The molecule has 1 aliphatic heterocycles. The van der Waals surface area contributed by atoms with Gasteiger partial charge in [0.15, 0.2) is 12.0 Å². The summed E-state index contributed by atoms with van der Waals surface area (Å²) in [6, 6.07) is 0. The number of hydrogen-bond donors (Lipinski definition) is 0. The number of thiol groups is 1. The minimum atomic E-state index is 0.626. The van der Waals surface area contributed by atoms with Gasteiger partial charge in [0.05, 0.1) is 0 Å². The molecule has 0 radical (unpaired) electrons. The van der Waals surface area contributed by atoms with Crippen molar-refractivity contribution in [2.45, 2.75) is 38.0 Å². The van der Waals surface area contributed by atoms with Crippen molar-refractivity contribution in [3.05, 3.63) is 0 Å². The zero-order valence-electron chi connectivity index (χ0n) is 5.26. The molecule has 0 aromatic carbocycles. The Kier molecular flexibility index (Phi) is 2.70. The molecular formula is C6H13OS+. The van der Waals surface area contributed by atoms with E-state index in [0.29, 0.717) is 5.44 Å². The van der Waals surface area contributed by atoms with Gasteiger partial charge in [-0.1, -0.05) is 19.8 Å². The van der Waals surface area contributed by atoms with Gasteiger partial charge in [0.2, 0.25) is 0 Å². The summed E-state index contributed by atoms with van der Waals surface area (Å²) >= 11 is 1.23. The molecule has 1 fully saturated rings. The molecule has 1 rings (SSSR count). The van der Waals surface area contributed by atoms with Crippen molar-refractivity contribution in [1.29, 1.82) is 0 Å². The van der Waals surface area contributed by atoms with Crippen LogP contribution in [0.2, 0.25) is 0 Å². The first-order chi connectivity index (χ1) is 3.93. The van der Waals surface area contributed by atoms with E-state index in [1.807, 2.05) is 0 Å². The van der Waals surface area contributed by atoms with Crippen LogP contribution in [-0.4, -0.2) is 5.44 Å². The minimum Gasteiger partial charge on any atom is -0.114 e. The molecule has 0 aromatic heterocycles. The van der Waals surface area contributed by atoms with Crippen molar-refractivity contribution in [1.82, 2.24) is 0 Å². The Morgan fingerprint density at radius 3 is 2.75 bits per heavy atom. The van der Waals surface area contributed by atoms with Crippen LogP contribution < -0.4 is 0 Å². The smallest absolute Gasteiger partial charge is 0.114 e. The normalized spacial score (nSPS) is 25.9. The molecule has 1 saturated heterocycles. The monoisotopic (exact) mass is 133 g/mol. The van der Waals surface area contributed by atoms with Gasteiger partial charge >= 0.3 is 0 Å². The first kappa shape index (κ1) is 6.43. The molecule has 1 aliphatic rings. The van der Waals surface area contributed by atoms with Crippen molar-refractivity contribution in [3.63, 3.8) is 0 Å². The maximum atomic E-state index is 5.03. The largest absolute Gasteiger partial charge is 0.296 e. The topological polar surface area (TPSA) is 12.5 Å². The third-order valence-electron chi connectivity index (χ3n) is 1.31. The van der Waals surface area contributed by atoms with Gasteiger partial charge in [-0.3, -0.25) is 0 Å². The summed E-state index contributed by atoms with van der Waals surface area (Å²) in [5, 5.41) is 0. The summed E-state index contributed by atoms with van der Waals surface area (Å²) in [4.78, 5) is 0. The van der Waals surface area contributed by atoms with Crippen LogP contribution in [0.25, 0.3) is 0 Å². The molecule has 2 heteroatoms. The molecule has 48 valence electrons. The first-order valence-electron chi connectivity index (χ1n) is 3.29. The predicted molar refractivity (Wildman–Crippen MR) is 37.8 cm³/mol. The summed E-state index contributed by atoms with van der Waals surface area (Å²) in [5.41, 5.74) is 0.626. The Morgan fingerprint density at radius 1 is 1.50 bits per heavy atom. The lowest BCUT2D eigenvalue weighted by Gasteiger charge is -1.86. The van der Waals surface area contributed by atoms with Gasteiger partial charge in [0.25, 0.3) is 5.44 Å². The average Bonchev–Trinajstić information content (AvgIpc) is 2.51. The Morgan fingerprint density at radius 2 is 2.25 bits per heavy atom. The molecule has 0 aliphatic carbocycles. The molecule has 0 bridgehead atoms. The highest BCUT2D eigenvalue weighted by molar-refractivity contribution is 7.79. The van der Waals surface area contributed by atoms with Gasteiger partial charge in [0, 0.05) is 6.42 Å². The Labute approximate surface area is 55.0 Å². The summed E-state index contributed by atoms with van der Waals surface area (Å²) in [6.07, 6.45) is 5.34. The number of unbranched alkanes of at least 4 members (excludes halogenated alkanes) is 2. The third-order valence-corrected chi connectivity index (χ3v) is 2.08. The second-order valence-electron chi connectivity index (χ2n) is 2.16. The van der Waals surface area contributed by atoms with Crippen molar-refractivity contribution in [2.24, 2.45) is 0 Å². The summed E-state index contributed by atoms with van der Waals surface area (Å²) < 4.78 is 5.03. The second-order valence-corrected chi connectivity index (χ2v) is 3.16. The minimum absolute atomic E-state index is 0.626. The molecule has 1 atom stereocenters. The highest BCUT2D eigenvalue weighted by Crippen LogP contribution is 2.20. The van der Waals surface area contributed by atoms with E-state index in [9.17, 15) is 0 Å². The Hall–Kier alpha value is 0.310. The van der Waals surface area contributed by atoms with Crippen molar-refractivity contribution >= 4 is 12.0 Å². The van der Waals surface area contributed by atoms with Crippen LogP contribution in [0.15, 0.2) is 0 Å². The van der Waals surface area contributed by atoms with E-state index in [1.165, 1.54) is 37.7 Å². The maximum Gasteiger partial charge on any atom is 0.296 e. The van der Waals surface area contributed by atoms with Gasteiger partial charge < -0.3 is 0 Å². The third kappa shape index (κ3) is 2.58. The van der Waals surface area contributed by atoms with Crippen LogP contribution in [0.5, 0.6) is 0 Å². The van der Waals surface area contributed by atoms with Gasteiger partial charge in [-0.25, -0.2) is 0 Å². The molecule has 1 heterocycles. The lowest BCUT2D eigenvalue weighted by Crippen LogP contribution is -1.82. The highest BCUT2D eigenvalue weighted by Gasteiger charge is 2.36. The van der Waals surface area contributed by atoms with E-state index >= 15 is 0 Å². The van der Waals surface area contributed by atoms with Crippen LogP contribution in [0.4, 0.5) is 0 Å². The zero-order valence-corrected chi connectivity index (χ0v) is 6.16. The van der Waals surface area contributed by atoms with Crippen molar-refractivity contribution in [3.8, 4) is 0 Å². The number of rotatable bonds is 4. The lowest BCUT2D eigenvalue weighted by atomic mass is 10.2. The molecular weight excluding hydrogens is 120 g/mol. The Bertz CT molecular complexity index is 61.5. The van der Waals surface area contributed by atoms with Crippen molar-refractivity contribution < 1.29 is 4.18 Å². The summed E-state index contributed by atoms with van der Waals surface area (Å²) in [5.74, 6) is 0. The second kappa shape index (κ2) is 3.36. The molecule has 1 unspecified atom stereocenters. The van der Waals surface area contributed by atoms with Gasteiger partial charge in [-0.15, -0.1) is 4.18 Å². The first-order valence-corrected chi connectivity index (χ1v) is 4.17. The molecule has 0 saturated carbocycles. The van der Waals surface area contributed by atoms with Crippen LogP contribution in [-0.2, 0) is 16.2 Å². The summed E-state index contributed by atoms with van der Waals surface area (Å²) in [6.45, 7) is 2.23. The van der Waals surface area contributed by atoms with Crippen LogP contribution in [0.3, 0.4) is 0 Å². The Balaban J connectivity index is 1.74. The van der Waals surface area contributed by atoms with E-state index in [2.05, 4.69) is 6.92 Å². The molecule has 0 aromatic rings. The van der Waals surface area contributed by atoms with E-state index in [0.717, 1.165) is 0 Å². The van der Waals surface area contributed by atoms with E-state index in [-0.39, 0.29) is 0 Å². The predicted octanol–water partition coefficient (Wildman–Crippen LogP) is 1.65. The van der Waals surface area contributed by atoms with Gasteiger partial charge in [-0.05, 0) is 6.42 Å². The molecule has 0 spiro atoms. The van der Waals surface area contributed by atoms with Crippen LogP contribution in [0.1, 0.15) is 32.6 Å². The maximum absolute atomic E-state index is 5.03. The average molecular weight is 133 g/mol.